The molecule has 0 saturated carbocycles. The second kappa shape index (κ2) is 3.75. The van der Waals surface area contributed by atoms with Crippen molar-refractivity contribution in [3.63, 3.8) is 0 Å². The molecule has 2 heteroatoms. The Kier molecular flexibility index (Phi) is 3.13. The molecule has 12 heavy (non-hydrogen) atoms. The Bertz CT molecular complexity index is 135. The molecule has 0 aromatic rings. The first-order chi connectivity index (χ1) is 5.49. The molecule has 0 radical (unpaired) electrons. The number of ether oxygens (including phenoxy) is 1. The third-order valence-electron chi connectivity index (χ3n) is 2.46. The van der Waals surface area contributed by atoms with Gasteiger partial charge in [0.2, 0.25) is 0 Å². The lowest BCUT2D eigenvalue weighted by molar-refractivity contribution is -0.0579. The van der Waals surface area contributed by atoms with Crippen LogP contribution in [-0.4, -0.2) is 37.7 Å². The lowest BCUT2D eigenvalue weighted by atomic mass is 9.92. The molecule has 1 saturated heterocycles. The zero-order chi connectivity index (χ0) is 9.19. The first-order valence-electron chi connectivity index (χ1n) is 4.77. The number of rotatable bonds is 3. The van der Waals surface area contributed by atoms with Crippen molar-refractivity contribution >= 4 is 0 Å². The van der Waals surface area contributed by atoms with Crippen LogP contribution in [0.25, 0.3) is 0 Å². The van der Waals surface area contributed by atoms with Gasteiger partial charge in [0.1, 0.15) is 0 Å². The second-order valence-electron chi connectivity index (χ2n) is 4.98. The molecule has 2 nitrogen and oxygen atoms in total. The van der Waals surface area contributed by atoms with Gasteiger partial charge in [0.15, 0.2) is 0 Å². The number of hydrogen-bond donors (Lipinski definition) is 0. The highest BCUT2D eigenvalue weighted by Gasteiger charge is 2.23. The van der Waals surface area contributed by atoms with Crippen LogP contribution in [0.4, 0.5) is 0 Å². The van der Waals surface area contributed by atoms with Gasteiger partial charge < -0.3 is 4.74 Å². The van der Waals surface area contributed by atoms with E-state index in [1.54, 1.807) is 0 Å². The summed E-state index contributed by atoms with van der Waals surface area (Å²) >= 11 is 0. The van der Waals surface area contributed by atoms with Crippen molar-refractivity contribution in [1.29, 1.82) is 0 Å². The summed E-state index contributed by atoms with van der Waals surface area (Å²) in [5, 5.41) is 0. The minimum absolute atomic E-state index is 0.457. The first kappa shape index (κ1) is 10.0. The molecule has 1 fully saturated rings. The van der Waals surface area contributed by atoms with Crippen LogP contribution in [0, 0.1) is 5.41 Å². The molecular formula is C10H21NO. The van der Waals surface area contributed by atoms with E-state index in [4.69, 9.17) is 4.74 Å². The Morgan fingerprint density at radius 1 is 1.33 bits per heavy atom. The lowest BCUT2D eigenvalue weighted by Gasteiger charge is -2.35. The van der Waals surface area contributed by atoms with Gasteiger partial charge >= 0.3 is 0 Å². The van der Waals surface area contributed by atoms with Gasteiger partial charge in [-0.05, 0) is 25.4 Å². The molecule has 0 aliphatic carbocycles. The van der Waals surface area contributed by atoms with Gasteiger partial charge in [0.25, 0.3) is 0 Å². The molecule has 1 heterocycles. The van der Waals surface area contributed by atoms with Crippen molar-refractivity contribution in [2.24, 2.45) is 5.41 Å². The van der Waals surface area contributed by atoms with Crippen LogP contribution in [0.1, 0.15) is 27.2 Å². The third kappa shape index (κ3) is 3.11. The fourth-order valence-corrected chi connectivity index (χ4v) is 1.17. The van der Waals surface area contributed by atoms with Crippen LogP contribution < -0.4 is 0 Å². The topological polar surface area (TPSA) is 12.5 Å². The standard InChI is InChI=1S/C10H21NO/c1-10(2,3)5-6-11(4)9-7-12-8-9/h9H,5-8H2,1-4H3. The molecule has 1 aliphatic heterocycles. The molecule has 0 aromatic heterocycles. The zero-order valence-electron chi connectivity index (χ0n) is 8.76. The molecule has 0 bridgehead atoms. The highest BCUT2D eigenvalue weighted by atomic mass is 16.5. The van der Waals surface area contributed by atoms with Gasteiger partial charge in [-0.25, -0.2) is 0 Å². The van der Waals surface area contributed by atoms with Gasteiger partial charge in [-0.3, -0.25) is 4.90 Å². The smallest absolute Gasteiger partial charge is 0.0645 e. The number of hydrogen-bond acceptors (Lipinski definition) is 2. The summed E-state index contributed by atoms with van der Waals surface area (Å²) in [6.07, 6.45) is 1.26. The fraction of sp³-hybridized carbons (Fsp3) is 1.00. The summed E-state index contributed by atoms with van der Waals surface area (Å²) in [5.74, 6) is 0. The van der Waals surface area contributed by atoms with Crippen LogP contribution in [0.3, 0.4) is 0 Å². The van der Waals surface area contributed by atoms with Gasteiger partial charge in [-0.1, -0.05) is 20.8 Å². The maximum Gasteiger partial charge on any atom is 0.0645 e. The Labute approximate surface area is 75.9 Å². The average molecular weight is 171 g/mol. The van der Waals surface area contributed by atoms with E-state index in [9.17, 15) is 0 Å². The summed E-state index contributed by atoms with van der Waals surface area (Å²) in [4.78, 5) is 2.41. The number of likely N-dealkylation sites (N-methyl/N-ethyl adjacent to an activating group) is 1. The summed E-state index contributed by atoms with van der Waals surface area (Å²) in [6, 6.07) is 0.687. The van der Waals surface area contributed by atoms with Crippen molar-refractivity contribution in [2.45, 2.75) is 33.2 Å². The molecule has 72 valence electrons. The molecule has 0 amide bonds. The van der Waals surface area contributed by atoms with Gasteiger partial charge in [-0.2, -0.15) is 0 Å². The Morgan fingerprint density at radius 2 is 1.92 bits per heavy atom. The summed E-state index contributed by atoms with van der Waals surface area (Å²) < 4.78 is 5.15. The van der Waals surface area contributed by atoms with Crippen molar-refractivity contribution in [2.75, 3.05) is 26.8 Å². The Balaban J connectivity index is 2.13. The van der Waals surface area contributed by atoms with E-state index in [2.05, 4.69) is 32.7 Å². The molecule has 0 atom stereocenters. The van der Waals surface area contributed by atoms with E-state index in [1.165, 1.54) is 13.0 Å². The zero-order valence-corrected chi connectivity index (χ0v) is 8.76. The largest absolute Gasteiger partial charge is 0.378 e. The highest BCUT2D eigenvalue weighted by Crippen LogP contribution is 2.19. The van der Waals surface area contributed by atoms with E-state index in [1.807, 2.05) is 0 Å². The van der Waals surface area contributed by atoms with Crippen molar-refractivity contribution in [3.05, 3.63) is 0 Å². The van der Waals surface area contributed by atoms with E-state index >= 15 is 0 Å². The van der Waals surface area contributed by atoms with E-state index in [-0.39, 0.29) is 0 Å². The summed E-state index contributed by atoms with van der Waals surface area (Å²) in [5.41, 5.74) is 0.457. The van der Waals surface area contributed by atoms with Crippen molar-refractivity contribution < 1.29 is 4.74 Å². The quantitative estimate of drug-likeness (QED) is 0.641. The molecule has 0 unspecified atom stereocenters. The van der Waals surface area contributed by atoms with Crippen LogP contribution in [0.5, 0.6) is 0 Å². The van der Waals surface area contributed by atoms with E-state index in [0.29, 0.717) is 11.5 Å². The average Bonchev–Trinajstić information content (AvgIpc) is 1.78. The maximum absolute atomic E-state index is 5.15. The van der Waals surface area contributed by atoms with E-state index < -0.39 is 0 Å². The monoisotopic (exact) mass is 171 g/mol. The summed E-state index contributed by atoms with van der Waals surface area (Å²) in [6.45, 7) is 9.92. The third-order valence-corrected chi connectivity index (χ3v) is 2.46. The molecule has 0 aromatic carbocycles. The van der Waals surface area contributed by atoms with Crippen molar-refractivity contribution in [1.82, 2.24) is 4.90 Å². The van der Waals surface area contributed by atoms with Gasteiger partial charge in [0.05, 0.1) is 19.3 Å². The minimum Gasteiger partial charge on any atom is -0.378 e. The predicted octanol–water partition coefficient (Wildman–Crippen LogP) is 1.75. The van der Waals surface area contributed by atoms with Crippen LogP contribution >= 0.6 is 0 Å². The minimum atomic E-state index is 0.457. The lowest BCUT2D eigenvalue weighted by Crippen LogP contribution is -2.47. The molecular weight excluding hydrogens is 150 g/mol. The molecule has 1 aliphatic rings. The van der Waals surface area contributed by atoms with E-state index in [0.717, 1.165) is 13.2 Å². The highest BCUT2D eigenvalue weighted by molar-refractivity contribution is 4.76. The van der Waals surface area contributed by atoms with Crippen LogP contribution in [0.2, 0.25) is 0 Å². The second-order valence-corrected chi connectivity index (χ2v) is 4.98. The van der Waals surface area contributed by atoms with Gasteiger partial charge in [0, 0.05) is 0 Å². The van der Waals surface area contributed by atoms with Crippen LogP contribution in [0.15, 0.2) is 0 Å². The predicted molar refractivity (Wildman–Crippen MR) is 51.3 cm³/mol. The maximum atomic E-state index is 5.15. The summed E-state index contributed by atoms with van der Waals surface area (Å²) in [7, 11) is 2.19. The molecule has 0 N–H and O–H groups in total. The van der Waals surface area contributed by atoms with Crippen molar-refractivity contribution in [3.8, 4) is 0 Å². The number of nitrogens with zero attached hydrogens (tertiary/aromatic N) is 1. The Hall–Kier alpha value is -0.0800. The molecule has 1 rings (SSSR count). The van der Waals surface area contributed by atoms with Crippen LogP contribution in [-0.2, 0) is 4.74 Å². The molecule has 0 spiro atoms. The first-order valence-corrected chi connectivity index (χ1v) is 4.77. The fourth-order valence-electron chi connectivity index (χ4n) is 1.17. The normalized spacial score (nSPS) is 19.8. The SMILES string of the molecule is CN(CCC(C)(C)C)C1COC1. The Morgan fingerprint density at radius 3 is 2.25 bits per heavy atom. The van der Waals surface area contributed by atoms with Gasteiger partial charge in [-0.15, -0.1) is 0 Å².